The lowest BCUT2D eigenvalue weighted by atomic mass is 9.83. The number of hydrogen-bond acceptors (Lipinski definition) is 8. The molecule has 9 nitrogen and oxygen atoms in total. The molecule has 2 N–H and O–H groups in total. The molecule has 1 unspecified atom stereocenters. The number of halogens is 2. The lowest BCUT2D eigenvalue weighted by molar-refractivity contribution is -0.384. The molecule has 0 spiro atoms. The summed E-state index contributed by atoms with van der Waals surface area (Å²) in [5, 5.41) is 21.1. The number of rotatable bonds is 6. The zero-order chi connectivity index (χ0) is 25.1. The Bertz CT molecular complexity index is 1380. The predicted molar refractivity (Wildman–Crippen MR) is 126 cm³/mol. The smallest absolute Gasteiger partial charge is 0.349 e. The van der Waals surface area contributed by atoms with Crippen LogP contribution in [-0.4, -0.2) is 17.5 Å². The highest BCUT2D eigenvalue weighted by Crippen LogP contribution is 2.47. The molecule has 11 heteroatoms. The number of non-ortho nitro benzene ring substituents is 1. The van der Waals surface area contributed by atoms with Gasteiger partial charge in [-0.1, -0.05) is 35.3 Å². The van der Waals surface area contributed by atoms with Crippen molar-refractivity contribution in [2.45, 2.75) is 5.92 Å². The maximum atomic E-state index is 12.3. The Morgan fingerprint density at radius 1 is 1.11 bits per heavy atom. The normalized spacial score (nSPS) is 14.4. The number of nitriles is 1. The number of nitrogens with two attached hydrogens (primary N) is 1. The van der Waals surface area contributed by atoms with Crippen molar-refractivity contribution in [1.29, 1.82) is 5.26 Å². The summed E-state index contributed by atoms with van der Waals surface area (Å²) in [6.07, 6.45) is 0. The lowest BCUT2D eigenvalue weighted by Gasteiger charge is -2.27. The molecular weight excluding hydrogens is 497 g/mol. The van der Waals surface area contributed by atoms with Gasteiger partial charge in [0.15, 0.2) is 6.61 Å². The molecule has 4 rings (SSSR count). The Hall–Kier alpha value is -4.26. The summed E-state index contributed by atoms with van der Waals surface area (Å²) in [6, 6.07) is 16.9. The number of allylic oxidation sites excluding steroid dienone is 1. The van der Waals surface area contributed by atoms with Crippen molar-refractivity contribution < 1.29 is 23.9 Å². The fourth-order valence-corrected chi connectivity index (χ4v) is 4.17. The number of carbonyl (C=O) groups is 1. The second-order valence-electron chi connectivity index (χ2n) is 7.27. The van der Waals surface area contributed by atoms with E-state index < -0.39 is 23.4 Å². The van der Waals surface area contributed by atoms with Crippen LogP contribution in [-0.2, 0) is 4.79 Å². The summed E-state index contributed by atoms with van der Waals surface area (Å²) >= 11 is 12.8. The number of benzene rings is 3. The zero-order valence-electron chi connectivity index (χ0n) is 17.7. The molecule has 1 atom stereocenters. The first kappa shape index (κ1) is 23.9. The summed E-state index contributed by atoms with van der Waals surface area (Å²) in [6.45, 7) is -0.436. The summed E-state index contributed by atoms with van der Waals surface area (Å²) in [4.78, 5) is 22.4. The van der Waals surface area contributed by atoms with Gasteiger partial charge in [-0.05, 0) is 30.3 Å². The van der Waals surface area contributed by atoms with Gasteiger partial charge < -0.3 is 19.9 Å². The van der Waals surface area contributed by atoms with E-state index in [0.29, 0.717) is 21.2 Å². The van der Waals surface area contributed by atoms with E-state index >= 15 is 0 Å². The van der Waals surface area contributed by atoms with Crippen molar-refractivity contribution >= 4 is 34.9 Å². The second-order valence-corrected chi connectivity index (χ2v) is 8.09. The molecule has 176 valence electrons. The van der Waals surface area contributed by atoms with Gasteiger partial charge in [0.05, 0.1) is 10.8 Å². The standard InChI is InChI=1S/C24H15Cl2N3O6/c25-18-2-1-3-19(26)23(18)22-16-9-8-15(10-20(16)35-24(28)17(22)11-27)34-21(30)12-33-14-6-4-13(5-7-14)29(31)32/h1-10,22H,12,28H2. The van der Waals surface area contributed by atoms with E-state index in [9.17, 15) is 20.2 Å². The van der Waals surface area contributed by atoms with Crippen LogP contribution in [0.3, 0.4) is 0 Å². The van der Waals surface area contributed by atoms with Gasteiger partial charge in [0, 0.05) is 39.4 Å². The largest absolute Gasteiger partial charge is 0.482 e. The van der Waals surface area contributed by atoms with E-state index in [1.165, 1.54) is 36.4 Å². The van der Waals surface area contributed by atoms with Crippen LogP contribution >= 0.6 is 23.2 Å². The number of nitrogens with zero attached hydrogens (tertiary/aromatic N) is 2. The summed E-state index contributed by atoms with van der Waals surface area (Å²) < 4.78 is 16.2. The first-order valence-electron chi connectivity index (χ1n) is 10.0. The fourth-order valence-electron chi connectivity index (χ4n) is 3.55. The van der Waals surface area contributed by atoms with Gasteiger partial charge in [0.25, 0.3) is 5.69 Å². The van der Waals surface area contributed by atoms with Gasteiger partial charge in [0.1, 0.15) is 28.9 Å². The Labute approximate surface area is 209 Å². The van der Waals surface area contributed by atoms with Crippen LogP contribution < -0.4 is 19.9 Å². The van der Waals surface area contributed by atoms with Crippen LogP contribution in [0, 0.1) is 21.4 Å². The van der Waals surface area contributed by atoms with Crippen molar-refractivity contribution in [2.24, 2.45) is 5.73 Å². The van der Waals surface area contributed by atoms with Gasteiger partial charge in [-0.25, -0.2) is 4.79 Å². The number of hydrogen-bond donors (Lipinski definition) is 1. The average molecular weight is 512 g/mol. The summed E-state index contributed by atoms with van der Waals surface area (Å²) in [5.41, 5.74) is 7.12. The highest BCUT2D eigenvalue weighted by Gasteiger charge is 2.33. The molecule has 0 amide bonds. The number of esters is 1. The molecule has 1 aliphatic rings. The quantitative estimate of drug-likeness (QED) is 0.208. The van der Waals surface area contributed by atoms with E-state index in [0.717, 1.165) is 0 Å². The molecule has 1 heterocycles. The Kier molecular flexibility index (Phi) is 6.78. The average Bonchev–Trinajstić information content (AvgIpc) is 2.82. The molecule has 0 bridgehead atoms. The van der Waals surface area contributed by atoms with Crippen LogP contribution in [0.25, 0.3) is 0 Å². The Morgan fingerprint density at radius 2 is 1.77 bits per heavy atom. The van der Waals surface area contributed by atoms with Gasteiger partial charge in [-0.15, -0.1) is 0 Å². The molecule has 0 radical (unpaired) electrons. The topological polar surface area (TPSA) is 138 Å². The van der Waals surface area contributed by atoms with Crippen LogP contribution in [0.2, 0.25) is 10.0 Å². The van der Waals surface area contributed by atoms with Crippen molar-refractivity contribution in [1.82, 2.24) is 0 Å². The van der Waals surface area contributed by atoms with E-state index in [2.05, 4.69) is 6.07 Å². The second kappa shape index (κ2) is 9.93. The molecule has 3 aromatic rings. The van der Waals surface area contributed by atoms with Crippen molar-refractivity contribution in [2.75, 3.05) is 6.61 Å². The highest BCUT2D eigenvalue weighted by molar-refractivity contribution is 6.36. The lowest BCUT2D eigenvalue weighted by Crippen LogP contribution is -2.22. The zero-order valence-corrected chi connectivity index (χ0v) is 19.2. The van der Waals surface area contributed by atoms with Gasteiger partial charge in [-0.3, -0.25) is 10.1 Å². The number of ether oxygens (including phenoxy) is 3. The van der Waals surface area contributed by atoms with Crippen LogP contribution in [0.15, 0.2) is 72.1 Å². The minimum Gasteiger partial charge on any atom is -0.482 e. The highest BCUT2D eigenvalue weighted by atomic mass is 35.5. The molecule has 0 aromatic heterocycles. The van der Waals surface area contributed by atoms with Crippen molar-refractivity contribution in [3.8, 4) is 23.3 Å². The third kappa shape index (κ3) is 4.99. The van der Waals surface area contributed by atoms with E-state index in [1.807, 2.05) is 0 Å². The summed E-state index contributed by atoms with van der Waals surface area (Å²) in [7, 11) is 0. The number of nitro benzene ring substituents is 1. The molecule has 0 fully saturated rings. The molecule has 3 aromatic carbocycles. The van der Waals surface area contributed by atoms with Gasteiger partial charge in [0.2, 0.25) is 5.88 Å². The number of carbonyl (C=O) groups excluding carboxylic acids is 1. The molecule has 1 aliphatic heterocycles. The minimum absolute atomic E-state index is 0.0988. The van der Waals surface area contributed by atoms with E-state index in [-0.39, 0.29) is 34.4 Å². The van der Waals surface area contributed by atoms with Gasteiger partial charge >= 0.3 is 5.97 Å². The van der Waals surface area contributed by atoms with Gasteiger partial charge in [-0.2, -0.15) is 5.26 Å². The molecular formula is C24H15Cl2N3O6. The summed E-state index contributed by atoms with van der Waals surface area (Å²) in [5.74, 6) is -0.831. The van der Waals surface area contributed by atoms with E-state index in [4.69, 9.17) is 43.1 Å². The van der Waals surface area contributed by atoms with E-state index in [1.54, 1.807) is 24.3 Å². The third-order valence-corrected chi connectivity index (χ3v) is 5.77. The molecule has 0 saturated carbocycles. The molecule has 0 aliphatic carbocycles. The monoisotopic (exact) mass is 511 g/mol. The fraction of sp³-hybridized carbons (Fsp3) is 0.0833. The van der Waals surface area contributed by atoms with Crippen molar-refractivity contribution in [3.05, 3.63) is 103 Å². The first-order chi connectivity index (χ1) is 16.8. The third-order valence-electron chi connectivity index (χ3n) is 5.11. The number of nitro groups is 1. The van der Waals surface area contributed by atoms with Crippen LogP contribution in [0.4, 0.5) is 5.69 Å². The van der Waals surface area contributed by atoms with Crippen molar-refractivity contribution in [3.63, 3.8) is 0 Å². The molecule has 0 saturated heterocycles. The number of fused-ring (bicyclic) bond motifs is 1. The van der Waals surface area contributed by atoms with Crippen LogP contribution in [0.1, 0.15) is 17.0 Å². The van der Waals surface area contributed by atoms with Crippen LogP contribution in [0.5, 0.6) is 17.2 Å². The predicted octanol–water partition coefficient (Wildman–Crippen LogP) is 5.10. The maximum absolute atomic E-state index is 12.3. The maximum Gasteiger partial charge on any atom is 0.349 e. The minimum atomic E-state index is -0.717. The Balaban J connectivity index is 1.54. The molecule has 35 heavy (non-hydrogen) atoms. The Morgan fingerprint density at radius 3 is 2.40 bits per heavy atom. The first-order valence-corrected chi connectivity index (χ1v) is 10.8. The SMILES string of the molecule is N#CC1=C(N)Oc2cc(OC(=O)COc3ccc([N+](=O)[O-])cc3)ccc2C1c1c(Cl)cccc1Cl.